The molecule has 1 aliphatic heterocycles. The molecule has 1 amide bonds. The molecule has 0 radical (unpaired) electrons. The number of nitrogens with zero attached hydrogens (tertiary/aromatic N) is 5. The van der Waals surface area contributed by atoms with Gasteiger partial charge in [0.15, 0.2) is 5.82 Å². The van der Waals surface area contributed by atoms with Crippen LogP contribution in [0.5, 0.6) is 0 Å². The zero-order valence-electron chi connectivity index (χ0n) is 10.3. The second-order valence-corrected chi connectivity index (χ2v) is 4.15. The first kappa shape index (κ1) is 11.8. The first-order valence-electron chi connectivity index (χ1n) is 6.03. The third-order valence-corrected chi connectivity index (χ3v) is 2.95. The van der Waals surface area contributed by atoms with E-state index in [1.807, 2.05) is 0 Å². The summed E-state index contributed by atoms with van der Waals surface area (Å²) in [4.78, 5) is 22.0. The highest BCUT2D eigenvalue weighted by Crippen LogP contribution is 2.08. The van der Waals surface area contributed by atoms with Gasteiger partial charge in [0.05, 0.1) is 18.8 Å². The Hall–Kier alpha value is -2.28. The van der Waals surface area contributed by atoms with E-state index in [1.165, 1.54) is 6.33 Å². The van der Waals surface area contributed by atoms with Gasteiger partial charge in [0.1, 0.15) is 12.7 Å². The standard InChI is InChI=1S/C12H13N5O2/c18-12(16-3-5-19-6-4-16)10-1-2-11(14-7-10)17-9-13-8-15-17/h1-2,7-9H,3-6H2. The van der Waals surface area contributed by atoms with Crippen LogP contribution in [-0.4, -0.2) is 56.9 Å². The Balaban J connectivity index is 1.76. The van der Waals surface area contributed by atoms with Gasteiger partial charge in [0, 0.05) is 19.3 Å². The van der Waals surface area contributed by atoms with Gasteiger partial charge < -0.3 is 9.64 Å². The number of hydrogen-bond donors (Lipinski definition) is 0. The van der Waals surface area contributed by atoms with Crippen LogP contribution in [0.4, 0.5) is 0 Å². The van der Waals surface area contributed by atoms with Gasteiger partial charge in [0.25, 0.3) is 5.91 Å². The molecule has 0 N–H and O–H groups in total. The van der Waals surface area contributed by atoms with Crippen molar-refractivity contribution in [1.29, 1.82) is 0 Å². The van der Waals surface area contributed by atoms with Crippen LogP contribution in [0.1, 0.15) is 10.4 Å². The number of aromatic nitrogens is 4. The SMILES string of the molecule is O=C(c1ccc(-n2cncn2)nc1)N1CCOCC1. The molecule has 19 heavy (non-hydrogen) atoms. The normalized spacial score (nSPS) is 15.5. The van der Waals surface area contributed by atoms with E-state index in [9.17, 15) is 4.79 Å². The summed E-state index contributed by atoms with van der Waals surface area (Å²) in [5.41, 5.74) is 0.575. The van der Waals surface area contributed by atoms with Crippen LogP contribution in [0.2, 0.25) is 0 Å². The topological polar surface area (TPSA) is 73.1 Å². The number of carbonyl (C=O) groups excluding carboxylic acids is 1. The number of carbonyl (C=O) groups is 1. The lowest BCUT2D eigenvalue weighted by atomic mass is 10.2. The fraction of sp³-hybridized carbons (Fsp3) is 0.333. The molecule has 98 valence electrons. The molecule has 0 aliphatic carbocycles. The van der Waals surface area contributed by atoms with E-state index in [1.54, 1.807) is 34.2 Å². The molecule has 0 spiro atoms. The minimum Gasteiger partial charge on any atom is -0.378 e. The molecule has 3 heterocycles. The molecule has 0 unspecified atom stereocenters. The molecule has 0 bridgehead atoms. The third-order valence-electron chi connectivity index (χ3n) is 2.95. The molecular formula is C12H13N5O2. The average molecular weight is 259 g/mol. The lowest BCUT2D eigenvalue weighted by Gasteiger charge is -2.26. The zero-order valence-corrected chi connectivity index (χ0v) is 10.3. The van der Waals surface area contributed by atoms with Crippen molar-refractivity contribution in [2.75, 3.05) is 26.3 Å². The van der Waals surface area contributed by atoms with Gasteiger partial charge in [0.2, 0.25) is 0 Å². The van der Waals surface area contributed by atoms with Crippen LogP contribution in [0, 0.1) is 0 Å². The summed E-state index contributed by atoms with van der Waals surface area (Å²) < 4.78 is 6.77. The molecule has 2 aromatic rings. The van der Waals surface area contributed by atoms with E-state index in [0.717, 1.165) is 0 Å². The Labute approximate surface area is 109 Å². The van der Waals surface area contributed by atoms with Crippen molar-refractivity contribution in [2.45, 2.75) is 0 Å². The molecular weight excluding hydrogens is 246 g/mol. The Morgan fingerprint density at radius 2 is 2.11 bits per heavy atom. The fourth-order valence-corrected chi connectivity index (χ4v) is 1.92. The Kier molecular flexibility index (Phi) is 3.20. The maximum absolute atomic E-state index is 12.2. The second kappa shape index (κ2) is 5.15. The lowest BCUT2D eigenvalue weighted by molar-refractivity contribution is 0.0302. The van der Waals surface area contributed by atoms with E-state index in [2.05, 4.69) is 15.1 Å². The summed E-state index contributed by atoms with van der Waals surface area (Å²) in [5.74, 6) is 0.622. The predicted octanol–water partition coefficient (Wildman–Crippen LogP) is 0.135. The van der Waals surface area contributed by atoms with Crippen molar-refractivity contribution < 1.29 is 9.53 Å². The third kappa shape index (κ3) is 2.45. The van der Waals surface area contributed by atoms with E-state index < -0.39 is 0 Å². The predicted molar refractivity (Wildman–Crippen MR) is 65.9 cm³/mol. The summed E-state index contributed by atoms with van der Waals surface area (Å²) in [6, 6.07) is 3.50. The monoisotopic (exact) mass is 259 g/mol. The van der Waals surface area contributed by atoms with Crippen LogP contribution in [0.3, 0.4) is 0 Å². The van der Waals surface area contributed by atoms with Crippen molar-refractivity contribution in [1.82, 2.24) is 24.6 Å². The number of morpholine rings is 1. The summed E-state index contributed by atoms with van der Waals surface area (Å²) >= 11 is 0. The first-order chi connectivity index (χ1) is 9.34. The molecule has 1 aliphatic rings. The van der Waals surface area contributed by atoms with Crippen LogP contribution in [0.15, 0.2) is 31.0 Å². The molecule has 1 saturated heterocycles. The van der Waals surface area contributed by atoms with Gasteiger partial charge in [-0.3, -0.25) is 4.79 Å². The highest BCUT2D eigenvalue weighted by atomic mass is 16.5. The van der Waals surface area contributed by atoms with Crippen molar-refractivity contribution in [2.24, 2.45) is 0 Å². The largest absolute Gasteiger partial charge is 0.378 e. The summed E-state index contributed by atoms with van der Waals surface area (Å²) in [6.07, 6.45) is 4.56. The minimum absolute atomic E-state index is 0.0130. The van der Waals surface area contributed by atoms with Crippen LogP contribution in [0.25, 0.3) is 5.82 Å². The molecule has 0 aromatic carbocycles. The minimum atomic E-state index is -0.0130. The summed E-state index contributed by atoms with van der Waals surface area (Å²) in [7, 11) is 0. The van der Waals surface area contributed by atoms with Gasteiger partial charge in [-0.25, -0.2) is 14.6 Å². The Bertz CT molecular complexity index is 546. The van der Waals surface area contributed by atoms with E-state index in [4.69, 9.17) is 4.74 Å². The van der Waals surface area contributed by atoms with Gasteiger partial charge >= 0.3 is 0 Å². The van der Waals surface area contributed by atoms with Gasteiger partial charge in [-0.05, 0) is 12.1 Å². The fourth-order valence-electron chi connectivity index (χ4n) is 1.92. The molecule has 7 heteroatoms. The van der Waals surface area contributed by atoms with E-state index >= 15 is 0 Å². The van der Waals surface area contributed by atoms with Crippen molar-refractivity contribution >= 4 is 5.91 Å². The average Bonchev–Trinajstić information content (AvgIpc) is 3.02. The maximum Gasteiger partial charge on any atom is 0.255 e. The quantitative estimate of drug-likeness (QED) is 0.766. The highest BCUT2D eigenvalue weighted by molar-refractivity contribution is 5.94. The van der Waals surface area contributed by atoms with Crippen LogP contribution >= 0.6 is 0 Å². The zero-order chi connectivity index (χ0) is 13.1. The summed E-state index contributed by atoms with van der Waals surface area (Å²) in [6.45, 7) is 2.44. The smallest absolute Gasteiger partial charge is 0.255 e. The van der Waals surface area contributed by atoms with Crippen LogP contribution in [-0.2, 0) is 4.74 Å². The molecule has 0 saturated carbocycles. The Morgan fingerprint density at radius 3 is 2.74 bits per heavy atom. The van der Waals surface area contributed by atoms with E-state index in [0.29, 0.717) is 37.7 Å². The lowest BCUT2D eigenvalue weighted by Crippen LogP contribution is -2.40. The van der Waals surface area contributed by atoms with Gasteiger partial charge in [-0.1, -0.05) is 0 Å². The molecule has 3 rings (SSSR count). The summed E-state index contributed by atoms with van der Waals surface area (Å²) in [5, 5.41) is 3.98. The Morgan fingerprint density at radius 1 is 1.26 bits per heavy atom. The molecule has 7 nitrogen and oxygen atoms in total. The number of hydrogen-bond acceptors (Lipinski definition) is 5. The second-order valence-electron chi connectivity index (χ2n) is 4.15. The van der Waals surface area contributed by atoms with E-state index in [-0.39, 0.29) is 5.91 Å². The number of rotatable bonds is 2. The van der Waals surface area contributed by atoms with Crippen molar-refractivity contribution in [3.05, 3.63) is 36.5 Å². The molecule has 1 fully saturated rings. The number of ether oxygens (including phenoxy) is 1. The highest BCUT2D eigenvalue weighted by Gasteiger charge is 2.18. The number of amides is 1. The van der Waals surface area contributed by atoms with Crippen LogP contribution < -0.4 is 0 Å². The molecule has 0 atom stereocenters. The first-order valence-corrected chi connectivity index (χ1v) is 6.03. The number of pyridine rings is 1. The van der Waals surface area contributed by atoms with Crippen molar-refractivity contribution in [3.63, 3.8) is 0 Å². The van der Waals surface area contributed by atoms with Gasteiger partial charge in [-0.15, -0.1) is 0 Å². The van der Waals surface area contributed by atoms with Crippen molar-refractivity contribution in [3.8, 4) is 5.82 Å². The molecule has 2 aromatic heterocycles. The maximum atomic E-state index is 12.2. The van der Waals surface area contributed by atoms with Gasteiger partial charge in [-0.2, -0.15) is 5.10 Å².